The Morgan fingerprint density at radius 3 is 2.67 bits per heavy atom. The van der Waals surface area contributed by atoms with Gasteiger partial charge in [0.1, 0.15) is 0 Å². The van der Waals surface area contributed by atoms with Crippen LogP contribution >= 0.6 is 0 Å². The zero-order chi connectivity index (χ0) is 9.30. The van der Waals surface area contributed by atoms with Crippen LogP contribution in [0.15, 0.2) is 22.9 Å². The molecule has 1 aliphatic carbocycles. The topological polar surface area (TPSA) is 43.1 Å². The zero-order valence-corrected chi connectivity index (χ0v) is 7.63. The van der Waals surface area contributed by atoms with Gasteiger partial charge in [0.2, 0.25) is 5.70 Å². The van der Waals surface area contributed by atoms with Gasteiger partial charge in [-0.1, -0.05) is 12.5 Å². The average molecular weight is 167 g/mol. The van der Waals surface area contributed by atoms with Crippen molar-refractivity contribution in [3.8, 4) is 0 Å². The highest BCUT2D eigenvalue weighted by Crippen LogP contribution is 2.28. The van der Waals surface area contributed by atoms with Crippen molar-refractivity contribution in [2.45, 2.75) is 27.2 Å². The SMILES string of the molecule is CC1=C(C)CC(C)C([N+](=O)[O-])=C1. The Hall–Kier alpha value is -1.12. The number of hydrogen-bond donors (Lipinski definition) is 0. The number of rotatable bonds is 1. The normalized spacial score (nSPS) is 23.9. The van der Waals surface area contributed by atoms with Gasteiger partial charge in [-0.05, 0) is 25.8 Å². The lowest BCUT2D eigenvalue weighted by molar-refractivity contribution is -0.433. The fourth-order valence-corrected chi connectivity index (χ4v) is 1.44. The molecule has 0 bridgehead atoms. The fraction of sp³-hybridized carbons (Fsp3) is 0.556. The number of nitro groups is 1. The van der Waals surface area contributed by atoms with E-state index in [0.29, 0.717) is 5.70 Å². The van der Waals surface area contributed by atoms with Gasteiger partial charge in [0.25, 0.3) is 0 Å². The van der Waals surface area contributed by atoms with E-state index < -0.39 is 0 Å². The molecule has 0 amide bonds. The Morgan fingerprint density at radius 1 is 1.58 bits per heavy atom. The number of allylic oxidation sites excluding steroid dienone is 4. The maximum atomic E-state index is 10.5. The first-order valence-electron chi connectivity index (χ1n) is 4.04. The van der Waals surface area contributed by atoms with Crippen molar-refractivity contribution in [2.75, 3.05) is 0 Å². The highest BCUT2D eigenvalue weighted by Gasteiger charge is 2.24. The van der Waals surface area contributed by atoms with E-state index in [9.17, 15) is 10.1 Å². The van der Waals surface area contributed by atoms with Crippen LogP contribution in [0.4, 0.5) is 0 Å². The summed E-state index contributed by atoms with van der Waals surface area (Å²) in [7, 11) is 0. The number of hydrogen-bond acceptors (Lipinski definition) is 2. The van der Waals surface area contributed by atoms with Crippen LogP contribution in [0.2, 0.25) is 0 Å². The van der Waals surface area contributed by atoms with Crippen LogP contribution in [-0.2, 0) is 0 Å². The van der Waals surface area contributed by atoms with E-state index in [-0.39, 0.29) is 10.8 Å². The minimum absolute atomic E-state index is 0.0590. The van der Waals surface area contributed by atoms with Crippen molar-refractivity contribution < 1.29 is 4.92 Å². The second-order valence-corrected chi connectivity index (χ2v) is 3.39. The van der Waals surface area contributed by atoms with Gasteiger partial charge in [0, 0.05) is 6.08 Å². The molecule has 0 N–H and O–H groups in total. The van der Waals surface area contributed by atoms with Gasteiger partial charge in [-0.3, -0.25) is 10.1 Å². The molecule has 3 heteroatoms. The molecule has 0 spiro atoms. The molecule has 0 aromatic carbocycles. The molecule has 3 nitrogen and oxygen atoms in total. The van der Waals surface area contributed by atoms with Crippen LogP contribution in [0.1, 0.15) is 27.2 Å². The molecule has 0 saturated carbocycles. The third-order valence-electron chi connectivity index (χ3n) is 2.37. The first-order valence-corrected chi connectivity index (χ1v) is 4.04. The van der Waals surface area contributed by atoms with E-state index in [2.05, 4.69) is 0 Å². The van der Waals surface area contributed by atoms with E-state index in [1.807, 2.05) is 20.8 Å². The smallest absolute Gasteiger partial charge is 0.249 e. The summed E-state index contributed by atoms with van der Waals surface area (Å²) in [6.45, 7) is 5.84. The monoisotopic (exact) mass is 167 g/mol. The van der Waals surface area contributed by atoms with Crippen LogP contribution in [-0.4, -0.2) is 4.92 Å². The predicted molar refractivity (Wildman–Crippen MR) is 47.2 cm³/mol. The molecular formula is C9H13NO2. The minimum Gasteiger partial charge on any atom is -0.259 e. The summed E-state index contributed by atoms with van der Waals surface area (Å²) in [6, 6.07) is 0. The second kappa shape index (κ2) is 3.09. The van der Waals surface area contributed by atoms with Crippen LogP contribution in [0.25, 0.3) is 0 Å². The molecule has 0 radical (unpaired) electrons. The lowest BCUT2D eigenvalue weighted by atomic mass is 9.90. The molecule has 0 saturated heterocycles. The maximum absolute atomic E-state index is 10.5. The van der Waals surface area contributed by atoms with Crippen molar-refractivity contribution in [1.82, 2.24) is 0 Å². The van der Waals surface area contributed by atoms with E-state index in [0.717, 1.165) is 12.0 Å². The van der Waals surface area contributed by atoms with Crippen molar-refractivity contribution >= 4 is 0 Å². The summed E-state index contributed by atoms with van der Waals surface area (Å²) in [6.07, 6.45) is 2.50. The van der Waals surface area contributed by atoms with Crippen molar-refractivity contribution in [1.29, 1.82) is 0 Å². The molecule has 0 heterocycles. The van der Waals surface area contributed by atoms with Crippen LogP contribution < -0.4 is 0 Å². The van der Waals surface area contributed by atoms with Crippen LogP contribution in [0.3, 0.4) is 0 Å². The Balaban J connectivity index is 3.01. The van der Waals surface area contributed by atoms with Gasteiger partial charge in [-0.2, -0.15) is 0 Å². The Labute approximate surface area is 71.9 Å². The van der Waals surface area contributed by atoms with Crippen LogP contribution in [0.5, 0.6) is 0 Å². The van der Waals surface area contributed by atoms with Crippen LogP contribution in [0, 0.1) is 16.0 Å². The third kappa shape index (κ3) is 1.55. The van der Waals surface area contributed by atoms with E-state index in [1.54, 1.807) is 6.08 Å². The summed E-state index contributed by atoms with van der Waals surface area (Å²) in [5.74, 6) is 0.0590. The first kappa shape index (κ1) is 8.97. The molecule has 1 unspecified atom stereocenters. The summed E-state index contributed by atoms with van der Waals surface area (Å²) in [4.78, 5) is 10.3. The van der Waals surface area contributed by atoms with Gasteiger partial charge in [0.15, 0.2) is 0 Å². The van der Waals surface area contributed by atoms with Gasteiger partial charge in [-0.15, -0.1) is 0 Å². The highest BCUT2D eigenvalue weighted by molar-refractivity contribution is 5.29. The second-order valence-electron chi connectivity index (χ2n) is 3.39. The molecule has 66 valence electrons. The van der Waals surface area contributed by atoms with Gasteiger partial charge in [-0.25, -0.2) is 0 Å². The molecule has 0 fully saturated rings. The highest BCUT2D eigenvalue weighted by atomic mass is 16.6. The van der Waals surface area contributed by atoms with E-state index in [1.165, 1.54) is 5.57 Å². The predicted octanol–water partition coefficient (Wildman–Crippen LogP) is 2.52. The quantitative estimate of drug-likeness (QED) is 0.445. The third-order valence-corrected chi connectivity index (χ3v) is 2.37. The Morgan fingerprint density at radius 2 is 2.17 bits per heavy atom. The molecule has 1 atom stereocenters. The van der Waals surface area contributed by atoms with E-state index in [4.69, 9.17) is 0 Å². The molecule has 0 aromatic heterocycles. The minimum atomic E-state index is -0.277. The van der Waals surface area contributed by atoms with Gasteiger partial charge >= 0.3 is 0 Å². The summed E-state index contributed by atoms with van der Waals surface area (Å²) in [5, 5.41) is 10.5. The van der Waals surface area contributed by atoms with Crippen molar-refractivity contribution in [3.63, 3.8) is 0 Å². The summed E-state index contributed by atoms with van der Waals surface area (Å²) >= 11 is 0. The molecule has 0 aliphatic heterocycles. The molecule has 0 aromatic rings. The fourth-order valence-electron chi connectivity index (χ4n) is 1.44. The molecule has 12 heavy (non-hydrogen) atoms. The maximum Gasteiger partial charge on any atom is 0.249 e. The van der Waals surface area contributed by atoms with E-state index >= 15 is 0 Å². The zero-order valence-electron chi connectivity index (χ0n) is 7.63. The standard InChI is InChI=1S/C9H13NO2/c1-6-4-8(3)9(10(11)12)5-7(6)2/h5,8H,4H2,1-3H3. The molecule has 1 aliphatic rings. The first-order chi connectivity index (χ1) is 5.52. The summed E-state index contributed by atoms with van der Waals surface area (Å²) in [5.41, 5.74) is 2.64. The summed E-state index contributed by atoms with van der Waals surface area (Å²) < 4.78 is 0. The van der Waals surface area contributed by atoms with Crippen molar-refractivity contribution in [3.05, 3.63) is 33.0 Å². The lowest BCUT2D eigenvalue weighted by Crippen LogP contribution is -2.13. The van der Waals surface area contributed by atoms with Gasteiger partial charge < -0.3 is 0 Å². The Kier molecular flexibility index (Phi) is 2.31. The van der Waals surface area contributed by atoms with Gasteiger partial charge in [0.05, 0.1) is 10.8 Å². The lowest BCUT2D eigenvalue weighted by Gasteiger charge is -2.15. The molecule has 1 rings (SSSR count). The average Bonchev–Trinajstić information content (AvgIpc) is 1.96. The van der Waals surface area contributed by atoms with Crippen molar-refractivity contribution in [2.24, 2.45) is 5.92 Å². The number of nitrogens with zero attached hydrogens (tertiary/aromatic N) is 1. The Bertz CT molecular complexity index is 276. The largest absolute Gasteiger partial charge is 0.259 e. The molecular weight excluding hydrogens is 154 g/mol.